The van der Waals surface area contributed by atoms with Gasteiger partial charge in [-0.3, -0.25) is 9.59 Å². The van der Waals surface area contributed by atoms with Crippen molar-refractivity contribution in [2.45, 2.75) is 32.1 Å². The van der Waals surface area contributed by atoms with Crippen molar-refractivity contribution in [2.24, 2.45) is 11.8 Å². The molecule has 1 heterocycles. The zero-order chi connectivity index (χ0) is 19.1. The molecule has 0 unspecified atom stereocenters. The van der Waals surface area contributed by atoms with Gasteiger partial charge in [-0.1, -0.05) is 30.3 Å². The lowest BCUT2D eigenvalue weighted by atomic mass is 9.81. The summed E-state index contributed by atoms with van der Waals surface area (Å²) >= 11 is 0. The van der Waals surface area contributed by atoms with Gasteiger partial charge in [0.15, 0.2) is 0 Å². The number of carboxylic acid groups (broad SMARTS) is 1. The van der Waals surface area contributed by atoms with Crippen LogP contribution < -0.4 is 10.1 Å². The van der Waals surface area contributed by atoms with Crippen LogP contribution in [0.15, 0.2) is 48.7 Å². The molecule has 1 aromatic carbocycles. The fraction of sp³-hybridized carbons (Fsp3) is 0.381. The highest BCUT2D eigenvalue weighted by Crippen LogP contribution is 2.29. The van der Waals surface area contributed by atoms with Crippen LogP contribution in [0.3, 0.4) is 0 Å². The average Bonchev–Trinajstić information content (AvgIpc) is 2.70. The fourth-order valence-electron chi connectivity index (χ4n) is 3.30. The van der Waals surface area contributed by atoms with E-state index >= 15 is 0 Å². The van der Waals surface area contributed by atoms with Gasteiger partial charge in [0.1, 0.15) is 0 Å². The maximum atomic E-state index is 12.3. The molecule has 1 aliphatic carbocycles. The zero-order valence-corrected chi connectivity index (χ0v) is 15.1. The third-order valence-corrected chi connectivity index (χ3v) is 4.93. The molecule has 0 saturated heterocycles. The summed E-state index contributed by atoms with van der Waals surface area (Å²) in [5.74, 6) is -0.768. The van der Waals surface area contributed by atoms with E-state index in [9.17, 15) is 9.59 Å². The van der Waals surface area contributed by atoms with E-state index < -0.39 is 5.97 Å². The second-order valence-corrected chi connectivity index (χ2v) is 6.85. The van der Waals surface area contributed by atoms with Gasteiger partial charge in [-0.2, -0.15) is 0 Å². The smallest absolute Gasteiger partial charge is 0.306 e. The SMILES string of the molecule is O=C(O)C1CCC(C(=O)Nc2ccc(OCCc3ccccc3)nc2)CC1. The number of benzene rings is 1. The summed E-state index contributed by atoms with van der Waals surface area (Å²) in [6, 6.07) is 13.6. The first-order valence-corrected chi connectivity index (χ1v) is 9.28. The predicted octanol–water partition coefficient (Wildman–Crippen LogP) is 3.53. The van der Waals surface area contributed by atoms with Crippen LogP contribution in [0.25, 0.3) is 0 Å². The molecule has 1 amide bonds. The van der Waals surface area contributed by atoms with Gasteiger partial charge in [0.05, 0.1) is 24.4 Å². The molecule has 142 valence electrons. The number of aromatic nitrogens is 1. The molecule has 1 saturated carbocycles. The van der Waals surface area contributed by atoms with Crippen molar-refractivity contribution in [3.05, 3.63) is 54.2 Å². The minimum atomic E-state index is -0.763. The van der Waals surface area contributed by atoms with Crippen LogP contribution in [0.2, 0.25) is 0 Å². The van der Waals surface area contributed by atoms with Crippen LogP contribution in [0.4, 0.5) is 5.69 Å². The Balaban J connectivity index is 1.43. The van der Waals surface area contributed by atoms with Crippen molar-refractivity contribution in [3.8, 4) is 5.88 Å². The first kappa shape index (κ1) is 18.9. The molecule has 0 radical (unpaired) electrons. The van der Waals surface area contributed by atoms with Gasteiger partial charge in [-0.25, -0.2) is 4.98 Å². The van der Waals surface area contributed by atoms with Crippen molar-refractivity contribution >= 4 is 17.6 Å². The molecule has 1 aromatic heterocycles. The van der Waals surface area contributed by atoms with Crippen molar-refractivity contribution in [3.63, 3.8) is 0 Å². The van der Waals surface area contributed by atoms with Crippen LogP contribution in [0.1, 0.15) is 31.2 Å². The Morgan fingerprint density at radius 3 is 2.37 bits per heavy atom. The molecule has 6 nitrogen and oxygen atoms in total. The van der Waals surface area contributed by atoms with E-state index in [1.54, 1.807) is 18.3 Å². The Hall–Kier alpha value is -2.89. The highest BCUT2D eigenvalue weighted by atomic mass is 16.5. The zero-order valence-electron chi connectivity index (χ0n) is 15.1. The molecule has 2 aromatic rings. The summed E-state index contributed by atoms with van der Waals surface area (Å²) in [5.41, 5.74) is 1.83. The maximum absolute atomic E-state index is 12.3. The highest BCUT2D eigenvalue weighted by Gasteiger charge is 2.29. The molecule has 6 heteroatoms. The van der Waals surface area contributed by atoms with Crippen LogP contribution in [0, 0.1) is 11.8 Å². The Morgan fingerprint density at radius 1 is 1.04 bits per heavy atom. The third-order valence-electron chi connectivity index (χ3n) is 4.93. The maximum Gasteiger partial charge on any atom is 0.306 e. The largest absolute Gasteiger partial charge is 0.481 e. The minimum absolute atomic E-state index is 0.0709. The van der Waals surface area contributed by atoms with Crippen molar-refractivity contribution in [1.82, 2.24) is 4.98 Å². The predicted molar refractivity (Wildman–Crippen MR) is 102 cm³/mol. The Bertz CT molecular complexity index is 754. The van der Waals surface area contributed by atoms with E-state index in [1.165, 1.54) is 5.56 Å². The lowest BCUT2D eigenvalue weighted by Crippen LogP contribution is -2.29. The number of carbonyl (C=O) groups excluding carboxylic acids is 1. The Labute approximate surface area is 158 Å². The topological polar surface area (TPSA) is 88.5 Å². The summed E-state index contributed by atoms with van der Waals surface area (Å²) in [4.78, 5) is 27.6. The number of rotatable bonds is 7. The van der Waals surface area contributed by atoms with E-state index in [2.05, 4.69) is 22.4 Å². The number of carboxylic acids is 1. The van der Waals surface area contributed by atoms with Gasteiger partial charge in [0.2, 0.25) is 11.8 Å². The Kier molecular flexibility index (Phi) is 6.41. The van der Waals surface area contributed by atoms with Gasteiger partial charge < -0.3 is 15.2 Å². The molecule has 1 aliphatic rings. The summed E-state index contributed by atoms with van der Waals surface area (Å²) < 4.78 is 5.64. The molecule has 0 aliphatic heterocycles. The summed E-state index contributed by atoms with van der Waals surface area (Å²) in [6.45, 7) is 0.537. The number of nitrogens with one attached hydrogen (secondary N) is 1. The van der Waals surface area contributed by atoms with Crippen LogP contribution >= 0.6 is 0 Å². The van der Waals surface area contributed by atoms with E-state index in [4.69, 9.17) is 9.84 Å². The minimum Gasteiger partial charge on any atom is -0.481 e. The summed E-state index contributed by atoms with van der Waals surface area (Å²) in [7, 11) is 0. The number of nitrogens with zero attached hydrogens (tertiary/aromatic N) is 1. The number of aliphatic carboxylic acids is 1. The number of carbonyl (C=O) groups is 2. The first-order chi connectivity index (χ1) is 13.1. The monoisotopic (exact) mass is 368 g/mol. The Morgan fingerprint density at radius 2 is 1.74 bits per heavy atom. The van der Waals surface area contributed by atoms with Gasteiger partial charge in [-0.05, 0) is 37.3 Å². The number of hydrogen-bond donors (Lipinski definition) is 2. The van der Waals surface area contributed by atoms with Crippen molar-refractivity contribution < 1.29 is 19.4 Å². The fourth-order valence-corrected chi connectivity index (χ4v) is 3.30. The second kappa shape index (κ2) is 9.16. The van der Waals surface area contributed by atoms with Gasteiger partial charge in [0.25, 0.3) is 0 Å². The summed E-state index contributed by atoms with van der Waals surface area (Å²) in [6.07, 6.45) is 4.71. The van der Waals surface area contributed by atoms with Crippen LogP contribution in [-0.2, 0) is 16.0 Å². The third kappa shape index (κ3) is 5.54. The quantitative estimate of drug-likeness (QED) is 0.780. The van der Waals surface area contributed by atoms with Crippen molar-refractivity contribution in [1.29, 1.82) is 0 Å². The number of anilines is 1. The molecule has 27 heavy (non-hydrogen) atoms. The highest BCUT2D eigenvalue weighted by molar-refractivity contribution is 5.92. The molecule has 0 bridgehead atoms. The van der Waals surface area contributed by atoms with Crippen LogP contribution in [0.5, 0.6) is 5.88 Å². The first-order valence-electron chi connectivity index (χ1n) is 9.28. The van der Waals surface area contributed by atoms with Crippen LogP contribution in [-0.4, -0.2) is 28.6 Å². The lowest BCUT2D eigenvalue weighted by Gasteiger charge is -2.25. The molecular weight excluding hydrogens is 344 g/mol. The van der Waals surface area contributed by atoms with Crippen molar-refractivity contribution in [2.75, 3.05) is 11.9 Å². The molecular formula is C21H24N2O4. The number of hydrogen-bond acceptors (Lipinski definition) is 4. The normalized spacial score (nSPS) is 19.3. The molecule has 3 rings (SSSR count). The number of pyridine rings is 1. The van der Waals surface area contributed by atoms with Gasteiger partial charge in [0, 0.05) is 18.4 Å². The number of amides is 1. The van der Waals surface area contributed by atoms with Gasteiger partial charge in [-0.15, -0.1) is 0 Å². The molecule has 0 atom stereocenters. The van der Waals surface area contributed by atoms with E-state index in [0.717, 1.165) is 6.42 Å². The van der Waals surface area contributed by atoms with Gasteiger partial charge >= 0.3 is 5.97 Å². The van der Waals surface area contributed by atoms with E-state index in [0.29, 0.717) is 43.9 Å². The molecule has 2 N–H and O–H groups in total. The van der Waals surface area contributed by atoms with E-state index in [-0.39, 0.29) is 17.7 Å². The standard InChI is InChI=1S/C21H24N2O4/c24-20(16-6-8-17(9-7-16)21(25)26)23-18-10-11-19(22-14-18)27-13-12-15-4-2-1-3-5-15/h1-5,10-11,14,16-17H,6-9,12-13H2,(H,23,24)(H,25,26). The number of ether oxygens (including phenoxy) is 1. The lowest BCUT2D eigenvalue weighted by molar-refractivity contribution is -0.143. The summed E-state index contributed by atoms with van der Waals surface area (Å²) in [5, 5.41) is 11.9. The second-order valence-electron chi connectivity index (χ2n) is 6.85. The molecule has 1 fully saturated rings. The molecule has 0 spiro atoms. The van der Waals surface area contributed by atoms with E-state index in [1.807, 2.05) is 18.2 Å². The average molecular weight is 368 g/mol.